The van der Waals surface area contributed by atoms with E-state index in [0.29, 0.717) is 0 Å². The van der Waals surface area contributed by atoms with Gasteiger partial charge < -0.3 is 5.11 Å². The van der Waals surface area contributed by atoms with Crippen molar-refractivity contribution in [1.29, 1.82) is 0 Å². The minimum absolute atomic E-state index is 0.0322. The summed E-state index contributed by atoms with van der Waals surface area (Å²) >= 11 is 0. The van der Waals surface area contributed by atoms with Gasteiger partial charge in [-0.15, -0.1) is 0 Å². The number of nitrogens with one attached hydrogen (secondary N) is 1. The zero-order chi connectivity index (χ0) is 18.9. The van der Waals surface area contributed by atoms with Crippen molar-refractivity contribution in [2.45, 2.75) is 4.90 Å². The fourth-order valence-corrected chi connectivity index (χ4v) is 3.48. The summed E-state index contributed by atoms with van der Waals surface area (Å²) in [6.07, 6.45) is 1.32. The molecule has 0 saturated heterocycles. The molecule has 0 radical (unpaired) electrons. The molecule has 10 heteroatoms. The third kappa shape index (κ3) is 3.26. The van der Waals surface area contributed by atoms with E-state index in [2.05, 4.69) is 9.82 Å². The monoisotopic (exact) mass is 379 g/mol. The number of aromatic carboxylic acids is 1. The van der Waals surface area contributed by atoms with Crippen molar-refractivity contribution in [3.8, 4) is 5.69 Å². The molecule has 0 fully saturated rings. The summed E-state index contributed by atoms with van der Waals surface area (Å²) in [5.74, 6) is -3.72. The van der Waals surface area contributed by atoms with Crippen molar-refractivity contribution < 1.29 is 27.1 Å². The number of benzene rings is 2. The van der Waals surface area contributed by atoms with Crippen LogP contribution >= 0.6 is 0 Å². The van der Waals surface area contributed by atoms with E-state index in [9.17, 15) is 22.0 Å². The Balaban J connectivity index is 2.04. The molecule has 3 aromatic rings. The summed E-state index contributed by atoms with van der Waals surface area (Å²) in [4.78, 5) is 9.84. The first-order chi connectivity index (χ1) is 12.3. The second-order valence-corrected chi connectivity index (χ2v) is 6.74. The number of carboxylic acids is 1. The van der Waals surface area contributed by atoms with Crippen LogP contribution in [0.5, 0.6) is 0 Å². The highest BCUT2D eigenvalue weighted by Crippen LogP contribution is 2.25. The van der Waals surface area contributed by atoms with E-state index in [0.717, 1.165) is 22.9 Å². The van der Waals surface area contributed by atoms with Crippen molar-refractivity contribution in [2.24, 2.45) is 0 Å². The van der Waals surface area contributed by atoms with E-state index in [-0.39, 0.29) is 17.1 Å². The number of hydrogen-bond acceptors (Lipinski definition) is 4. The average molecular weight is 379 g/mol. The van der Waals surface area contributed by atoms with Gasteiger partial charge in [0.15, 0.2) is 10.6 Å². The molecule has 0 aliphatic rings. The van der Waals surface area contributed by atoms with Crippen LogP contribution in [-0.2, 0) is 10.0 Å². The number of para-hydroxylation sites is 2. The quantitative estimate of drug-likeness (QED) is 0.710. The highest BCUT2D eigenvalue weighted by Gasteiger charge is 2.25. The molecule has 1 heterocycles. The van der Waals surface area contributed by atoms with Crippen molar-refractivity contribution in [3.05, 3.63) is 72.1 Å². The lowest BCUT2D eigenvalue weighted by Gasteiger charge is -2.13. The maximum absolute atomic E-state index is 13.8. The Morgan fingerprint density at radius 3 is 2.31 bits per heavy atom. The average Bonchev–Trinajstić information content (AvgIpc) is 3.04. The number of anilines is 1. The van der Waals surface area contributed by atoms with Crippen LogP contribution in [0.4, 0.5) is 14.5 Å². The van der Waals surface area contributed by atoms with E-state index in [1.54, 1.807) is 6.07 Å². The molecule has 0 amide bonds. The lowest BCUT2D eigenvalue weighted by atomic mass is 10.3. The largest absolute Gasteiger partial charge is 0.476 e. The Morgan fingerprint density at radius 1 is 1.04 bits per heavy atom. The number of halogens is 2. The number of carbonyl (C=O) groups is 1. The van der Waals surface area contributed by atoms with Crippen LogP contribution in [0, 0.1) is 11.6 Å². The topological polar surface area (TPSA) is 101 Å². The van der Waals surface area contributed by atoms with Gasteiger partial charge >= 0.3 is 5.97 Å². The molecule has 26 heavy (non-hydrogen) atoms. The molecular formula is C16H11F2N3O4S. The van der Waals surface area contributed by atoms with Gasteiger partial charge in [0, 0.05) is 6.20 Å². The van der Waals surface area contributed by atoms with Crippen LogP contribution in [-0.4, -0.2) is 29.3 Å². The molecule has 7 nitrogen and oxygen atoms in total. The molecule has 0 spiro atoms. The Hall–Kier alpha value is -3.27. The lowest BCUT2D eigenvalue weighted by molar-refractivity contribution is 0.0690. The van der Waals surface area contributed by atoms with E-state index in [4.69, 9.17) is 5.11 Å². The van der Waals surface area contributed by atoms with Crippen molar-refractivity contribution >= 4 is 21.7 Å². The first-order valence-corrected chi connectivity index (χ1v) is 8.63. The van der Waals surface area contributed by atoms with Gasteiger partial charge in [-0.2, -0.15) is 5.10 Å². The second kappa shape index (κ2) is 6.56. The van der Waals surface area contributed by atoms with E-state index in [1.807, 2.05) is 0 Å². The van der Waals surface area contributed by atoms with E-state index in [1.165, 1.54) is 30.5 Å². The summed E-state index contributed by atoms with van der Waals surface area (Å²) in [5.41, 5.74) is -0.0988. The van der Waals surface area contributed by atoms with Crippen molar-refractivity contribution in [3.63, 3.8) is 0 Å². The molecule has 1 aromatic heterocycles. The zero-order valence-corrected chi connectivity index (χ0v) is 13.7. The maximum Gasteiger partial charge on any atom is 0.356 e. The van der Waals surface area contributed by atoms with E-state index < -0.39 is 32.5 Å². The number of carboxylic acid groups (broad SMARTS) is 1. The third-order valence-corrected chi connectivity index (χ3v) is 4.81. The SMILES string of the molecule is O=C(O)c1ccn(-c2ccccc2NS(=O)(=O)c2c(F)cccc2F)n1. The summed E-state index contributed by atoms with van der Waals surface area (Å²) in [5, 5.41) is 12.8. The smallest absolute Gasteiger partial charge is 0.356 e. The lowest BCUT2D eigenvalue weighted by Crippen LogP contribution is -2.17. The van der Waals surface area contributed by atoms with Crippen LogP contribution < -0.4 is 4.72 Å². The Bertz CT molecular complexity index is 1080. The number of aromatic nitrogens is 2. The molecule has 0 unspecified atom stereocenters. The van der Waals surface area contributed by atoms with Crippen LogP contribution in [0.15, 0.2) is 59.6 Å². The fraction of sp³-hybridized carbons (Fsp3) is 0. The van der Waals surface area contributed by atoms with Gasteiger partial charge in [0.2, 0.25) is 0 Å². The van der Waals surface area contributed by atoms with Gasteiger partial charge in [0.25, 0.3) is 10.0 Å². The number of rotatable bonds is 5. The van der Waals surface area contributed by atoms with Gasteiger partial charge in [-0.1, -0.05) is 18.2 Å². The van der Waals surface area contributed by atoms with Gasteiger partial charge in [0.05, 0.1) is 11.4 Å². The number of sulfonamides is 1. The Labute approximate surface area is 146 Å². The highest BCUT2D eigenvalue weighted by atomic mass is 32.2. The molecule has 3 rings (SSSR count). The van der Waals surface area contributed by atoms with Gasteiger partial charge in [-0.3, -0.25) is 4.72 Å². The molecule has 2 aromatic carbocycles. The van der Waals surface area contributed by atoms with E-state index >= 15 is 0 Å². The third-order valence-electron chi connectivity index (χ3n) is 3.39. The summed E-state index contributed by atoms with van der Waals surface area (Å²) in [6, 6.07) is 9.83. The summed E-state index contributed by atoms with van der Waals surface area (Å²) in [7, 11) is -4.57. The van der Waals surface area contributed by atoms with Crippen LogP contribution in [0.2, 0.25) is 0 Å². The van der Waals surface area contributed by atoms with Gasteiger partial charge in [-0.05, 0) is 30.3 Å². The standard InChI is InChI=1S/C16H11F2N3O4S/c17-10-4-3-5-11(18)15(10)26(24,25)20-12-6-1-2-7-14(12)21-9-8-13(19-21)16(22)23/h1-9,20H,(H,22,23). The number of nitrogens with zero attached hydrogens (tertiary/aromatic N) is 2. The second-order valence-electron chi connectivity index (χ2n) is 5.12. The first kappa shape index (κ1) is 17.5. The van der Waals surface area contributed by atoms with Crippen LogP contribution in [0.1, 0.15) is 10.5 Å². The molecule has 0 saturated carbocycles. The van der Waals surface area contributed by atoms with Crippen LogP contribution in [0.3, 0.4) is 0 Å². The molecule has 0 atom stereocenters. The molecule has 0 aliphatic carbocycles. The molecular weight excluding hydrogens is 368 g/mol. The van der Waals surface area contributed by atoms with Crippen molar-refractivity contribution in [2.75, 3.05) is 4.72 Å². The summed E-state index contributed by atoms with van der Waals surface area (Å²) in [6.45, 7) is 0. The maximum atomic E-state index is 13.8. The molecule has 0 aliphatic heterocycles. The van der Waals surface area contributed by atoms with Gasteiger partial charge in [0.1, 0.15) is 11.6 Å². The van der Waals surface area contributed by atoms with Gasteiger partial charge in [-0.25, -0.2) is 26.7 Å². The molecule has 2 N–H and O–H groups in total. The van der Waals surface area contributed by atoms with Crippen molar-refractivity contribution in [1.82, 2.24) is 9.78 Å². The first-order valence-electron chi connectivity index (χ1n) is 7.15. The fourth-order valence-electron chi connectivity index (χ4n) is 2.27. The highest BCUT2D eigenvalue weighted by molar-refractivity contribution is 7.92. The van der Waals surface area contributed by atoms with Crippen LogP contribution in [0.25, 0.3) is 5.69 Å². The molecule has 0 bridgehead atoms. The normalized spacial score (nSPS) is 11.3. The Morgan fingerprint density at radius 2 is 1.69 bits per heavy atom. The predicted octanol–water partition coefficient (Wildman–Crippen LogP) is 2.65. The Kier molecular flexibility index (Phi) is 4.43. The number of hydrogen-bond donors (Lipinski definition) is 2. The minimum Gasteiger partial charge on any atom is -0.476 e. The predicted molar refractivity (Wildman–Crippen MR) is 87.7 cm³/mol. The zero-order valence-electron chi connectivity index (χ0n) is 12.9. The molecule has 134 valence electrons. The minimum atomic E-state index is -4.57. The summed E-state index contributed by atoms with van der Waals surface area (Å²) < 4.78 is 55.7.